The number of phosphoric acid groups is 1. The van der Waals surface area contributed by atoms with Gasteiger partial charge in [0.25, 0.3) is 7.82 Å². The molecule has 5 nitrogen and oxygen atoms in total. The van der Waals surface area contributed by atoms with Crippen molar-refractivity contribution >= 4 is 20.5 Å². The molecule has 0 saturated heterocycles. The van der Waals surface area contributed by atoms with Gasteiger partial charge in [-0.1, -0.05) is 0 Å². The van der Waals surface area contributed by atoms with Crippen molar-refractivity contribution in [2.75, 3.05) is 46.2 Å². The van der Waals surface area contributed by atoms with Gasteiger partial charge < -0.3 is 18.4 Å². The summed E-state index contributed by atoms with van der Waals surface area (Å²) in [6.07, 6.45) is 0. The van der Waals surface area contributed by atoms with Crippen LogP contribution in [0.3, 0.4) is 0 Å². The Kier molecular flexibility index (Phi) is 7.08. The van der Waals surface area contributed by atoms with Crippen LogP contribution in [0.15, 0.2) is 0 Å². The normalized spacial score (nSPS) is 16.3. The monoisotopic (exact) mass is 257 g/mol. The SMILES string of the molecule is CC[N+](C)(C)CCOP(=O)([O-])OCCS. The van der Waals surface area contributed by atoms with Gasteiger partial charge in [-0.2, -0.15) is 12.6 Å². The van der Waals surface area contributed by atoms with Crippen molar-refractivity contribution < 1.29 is 23.0 Å². The van der Waals surface area contributed by atoms with E-state index in [-0.39, 0.29) is 13.2 Å². The summed E-state index contributed by atoms with van der Waals surface area (Å²) in [6.45, 7) is 3.79. The molecule has 0 aromatic heterocycles. The molecule has 0 radical (unpaired) electrons. The quantitative estimate of drug-likeness (QED) is 0.391. The van der Waals surface area contributed by atoms with E-state index in [1.165, 1.54) is 0 Å². The highest BCUT2D eigenvalue weighted by molar-refractivity contribution is 7.80. The van der Waals surface area contributed by atoms with Crippen LogP contribution in [0, 0.1) is 0 Å². The number of phosphoric ester groups is 1. The molecule has 0 N–H and O–H groups in total. The maximum absolute atomic E-state index is 11.1. The molecule has 0 rings (SSSR count). The third-order valence-corrected chi connectivity index (χ3v) is 3.32. The number of nitrogens with zero attached hydrogens (tertiary/aromatic N) is 1. The number of thiol groups is 1. The van der Waals surface area contributed by atoms with Crippen molar-refractivity contribution in [3.8, 4) is 0 Å². The lowest BCUT2D eigenvalue weighted by Gasteiger charge is -2.29. The predicted molar refractivity (Wildman–Crippen MR) is 60.9 cm³/mol. The van der Waals surface area contributed by atoms with Crippen LogP contribution in [0.1, 0.15) is 6.92 Å². The highest BCUT2D eigenvalue weighted by atomic mass is 32.1. The molecule has 92 valence electrons. The second kappa shape index (κ2) is 6.89. The average molecular weight is 257 g/mol. The Labute approximate surface area is 97.0 Å². The van der Waals surface area contributed by atoms with E-state index < -0.39 is 7.82 Å². The van der Waals surface area contributed by atoms with Gasteiger partial charge in [-0.25, -0.2) is 0 Å². The minimum absolute atomic E-state index is 0.0515. The number of rotatable bonds is 8. The van der Waals surface area contributed by atoms with Crippen LogP contribution in [-0.4, -0.2) is 50.6 Å². The van der Waals surface area contributed by atoms with E-state index in [9.17, 15) is 9.46 Å². The fraction of sp³-hybridized carbons (Fsp3) is 1.00. The predicted octanol–water partition coefficient (Wildman–Crippen LogP) is 0.514. The van der Waals surface area contributed by atoms with Crippen molar-refractivity contribution in [2.45, 2.75) is 6.92 Å². The lowest BCUT2D eigenvalue weighted by atomic mass is 10.4. The zero-order valence-electron chi connectivity index (χ0n) is 9.51. The Morgan fingerprint density at radius 3 is 2.33 bits per heavy atom. The zero-order chi connectivity index (χ0) is 11.9. The van der Waals surface area contributed by atoms with Crippen LogP contribution in [0.5, 0.6) is 0 Å². The number of quaternary nitrogens is 1. The maximum atomic E-state index is 11.1. The summed E-state index contributed by atoms with van der Waals surface area (Å²) in [6, 6.07) is 0. The Bertz CT molecular complexity index is 225. The summed E-state index contributed by atoms with van der Waals surface area (Å²) < 4.78 is 21.0. The molecule has 0 heterocycles. The standard InChI is InChI=1S/C8H20NO4PS/c1-4-9(2,3)5-6-12-14(10,11)13-7-8-15/h4-8H2,1-3H3,(H-,10,11,15). The number of hydrogen-bond acceptors (Lipinski definition) is 5. The van der Waals surface area contributed by atoms with Gasteiger partial charge in [-0.3, -0.25) is 4.57 Å². The zero-order valence-corrected chi connectivity index (χ0v) is 11.3. The molecule has 0 aromatic carbocycles. The van der Waals surface area contributed by atoms with Crippen molar-refractivity contribution in [1.29, 1.82) is 0 Å². The van der Waals surface area contributed by atoms with Crippen molar-refractivity contribution in [3.63, 3.8) is 0 Å². The van der Waals surface area contributed by atoms with E-state index in [1.807, 2.05) is 21.0 Å². The molecule has 1 unspecified atom stereocenters. The lowest BCUT2D eigenvalue weighted by molar-refractivity contribution is -0.888. The molecule has 0 aromatic rings. The van der Waals surface area contributed by atoms with Gasteiger partial charge in [0.05, 0.1) is 27.2 Å². The first kappa shape index (κ1) is 15.4. The summed E-state index contributed by atoms with van der Waals surface area (Å²) in [4.78, 5) is 11.1. The maximum Gasteiger partial charge on any atom is 0.268 e. The van der Waals surface area contributed by atoms with Gasteiger partial charge in [0.15, 0.2) is 0 Å². The molecule has 0 fully saturated rings. The molecular weight excluding hydrogens is 237 g/mol. The van der Waals surface area contributed by atoms with E-state index >= 15 is 0 Å². The highest BCUT2D eigenvalue weighted by Gasteiger charge is 2.14. The molecule has 0 aliphatic heterocycles. The minimum atomic E-state index is -4.11. The van der Waals surface area contributed by atoms with E-state index in [0.717, 1.165) is 6.54 Å². The topological polar surface area (TPSA) is 58.6 Å². The minimum Gasteiger partial charge on any atom is -0.756 e. The van der Waals surface area contributed by atoms with Gasteiger partial charge in [-0.05, 0) is 6.92 Å². The smallest absolute Gasteiger partial charge is 0.268 e. The third kappa shape index (κ3) is 8.25. The Morgan fingerprint density at radius 2 is 1.87 bits per heavy atom. The Hall–Kier alpha value is 0.420. The van der Waals surface area contributed by atoms with Crippen molar-refractivity contribution in [2.24, 2.45) is 0 Å². The summed E-state index contributed by atoms with van der Waals surface area (Å²) in [5, 5.41) is 0. The highest BCUT2D eigenvalue weighted by Crippen LogP contribution is 2.37. The molecule has 0 amide bonds. The lowest BCUT2D eigenvalue weighted by Crippen LogP contribution is -2.41. The average Bonchev–Trinajstić information content (AvgIpc) is 2.14. The molecule has 0 saturated carbocycles. The van der Waals surface area contributed by atoms with Crippen LogP contribution in [0.2, 0.25) is 0 Å². The Morgan fingerprint density at radius 1 is 1.33 bits per heavy atom. The molecule has 0 bridgehead atoms. The molecule has 7 heteroatoms. The van der Waals surface area contributed by atoms with Crippen molar-refractivity contribution in [3.05, 3.63) is 0 Å². The first-order valence-electron chi connectivity index (χ1n) is 4.86. The van der Waals surface area contributed by atoms with E-state index in [2.05, 4.69) is 17.2 Å². The molecular formula is C8H20NO4PS. The molecule has 0 aliphatic carbocycles. The second-order valence-electron chi connectivity index (χ2n) is 3.81. The number of likely N-dealkylation sites (N-methyl/N-ethyl adjacent to an activating group) is 1. The van der Waals surface area contributed by atoms with Crippen LogP contribution >= 0.6 is 20.5 Å². The first-order chi connectivity index (χ1) is 6.83. The molecule has 0 spiro atoms. The summed E-state index contributed by atoms with van der Waals surface area (Å²) in [5.74, 6) is 0.353. The second-order valence-corrected chi connectivity index (χ2v) is 5.67. The molecule has 1 atom stereocenters. The van der Waals surface area contributed by atoms with Gasteiger partial charge in [0.1, 0.15) is 13.2 Å². The fourth-order valence-electron chi connectivity index (χ4n) is 0.748. The van der Waals surface area contributed by atoms with Crippen molar-refractivity contribution in [1.82, 2.24) is 0 Å². The first-order valence-corrected chi connectivity index (χ1v) is 6.95. The van der Waals surface area contributed by atoms with E-state index in [1.54, 1.807) is 0 Å². The van der Waals surface area contributed by atoms with Crippen LogP contribution < -0.4 is 4.89 Å². The summed E-state index contributed by atoms with van der Waals surface area (Å²) in [5.41, 5.74) is 0. The molecule has 15 heavy (non-hydrogen) atoms. The third-order valence-electron chi connectivity index (χ3n) is 2.14. The van der Waals surface area contributed by atoms with Crippen LogP contribution in [-0.2, 0) is 13.6 Å². The summed E-state index contributed by atoms with van der Waals surface area (Å²) in [7, 11) is -0.0993. The van der Waals surface area contributed by atoms with Gasteiger partial charge in [-0.15, -0.1) is 0 Å². The van der Waals surface area contributed by atoms with Gasteiger partial charge in [0, 0.05) is 5.75 Å². The Balaban J connectivity index is 3.79. The van der Waals surface area contributed by atoms with E-state index in [0.29, 0.717) is 16.8 Å². The van der Waals surface area contributed by atoms with Crippen LogP contribution in [0.25, 0.3) is 0 Å². The largest absolute Gasteiger partial charge is 0.756 e. The van der Waals surface area contributed by atoms with Gasteiger partial charge in [0.2, 0.25) is 0 Å². The van der Waals surface area contributed by atoms with Crippen LogP contribution in [0.4, 0.5) is 0 Å². The molecule has 0 aliphatic rings. The fourth-order valence-corrected chi connectivity index (χ4v) is 1.68. The summed E-state index contributed by atoms with van der Waals surface area (Å²) >= 11 is 3.84. The van der Waals surface area contributed by atoms with E-state index in [4.69, 9.17) is 4.52 Å². The number of hydrogen-bond donors (Lipinski definition) is 1. The van der Waals surface area contributed by atoms with Gasteiger partial charge >= 0.3 is 0 Å².